The van der Waals surface area contributed by atoms with Crippen LogP contribution in [0.25, 0.3) is 0 Å². The SMILES string of the molecule is C=C(S/C(=C\C)CN1CC(c2cc(F)cc(F)c2F)CC1=O)N(C)C. The molecule has 1 heterocycles. The quantitative estimate of drug-likeness (QED) is 0.705. The van der Waals surface area contributed by atoms with E-state index in [9.17, 15) is 18.0 Å². The highest BCUT2D eigenvalue weighted by atomic mass is 32.2. The fourth-order valence-corrected chi connectivity index (χ4v) is 3.44. The lowest BCUT2D eigenvalue weighted by atomic mass is 9.97. The number of thioether (sulfide) groups is 1. The Morgan fingerprint density at radius 1 is 1.40 bits per heavy atom. The second kappa shape index (κ2) is 7.99. The van der Waals surface area contributed by atoms with E-state index in [1.165, 1.54) is 11.8 Å². The third-order valence-electron chi connectivity index (χ3n) is 4.09. The summed E-state index contributed by atoms with van der Waals surface area (Å²) in [4.78, 5) is 16.6. The van der Waals surface area contributed by atoms with Crippen LogP contribution < -0.4 is 0 Å². The van der Waals surface area contributed by atoms with Crippen molar-refractivity contribution in [2.45, 2.75) is 19.3 Å². The van der Waals surface area contributed by atoms with Crippen molar-refractivity contribution in [3.63, 3.8) is 0 Å². The zero-order valence-corrected chi connectivity index (χ0v) is 15.3. The van der Waals surface area contributed by atoms with Gasteiger partial charge in [-0.15, -0.1) is 0 Å². The first-order valence-electron chi connectivity index (χ1n) is 7.84. The molecular formula is C18H21F3N2OS. The van der Waals surface area contributed by atoms with Crippen LogP contribution in [0, 0.1) is 17.5 Å². The predicted octanol–water partition coefficient (Wildman–Crippen LogP) is 4.09. The van der Waals surface area contributed by atoms with Crippen LogP contribution in [0.3, 0.4) is 0 Å². The lowest BCUT2D eigenvalue weighted by Crippen LogP contribution is -2.27. The van der Waals surface area contributed by atoms with Gasteiger partial charge in [0.05, 0.1) is 11.6 Å². The van der Waals surface area contributed by atoms with E-state index in [0.717, 1.165) is 16.0 Å². The van der Waals surface area contributed by atoms with E-state index in [1.807, 2.05) is 32.0 Å². The van der Waals surface area contributed by atoms with E-state index in [4.69, 9.17) is 0 Å². The van der Waals surface area contributed by atoms with Crippen molar-refractivity contribution in [2.24, 2.45) is 0 Å². The van der Waals surface area contributed by atoms with Crippen molar-refractivity contribution in [2.75, 3.05) is 27.2 Å². The van der Waals surface area contributed by atoms with Gasteiger partial charge >= 0.3 is 0 Å². The molecule has 1 saturated heterocycles. The van der Waals surface area contributed by atoms with Gasteiger partial charge in [-0.3, -0.25) is 4.79 Å². The van der Waals surface area contributed by atoms with Gasteiger partial charge in [-0.1, -0.05) is 24.4 Å². The molecule has 0 N–H and O–H groups in total. The van der Waals surface area contributed by atoms with Crippen LogP contribution in [0.1, 0.15) is 24.8 Å². The summed E-state index contributed by atoms with van der Waals surface area (Å²) in [6.07, 6.45) is 1.93. The van der Waals surface area contributed by atoms with E-state index in [2.05, 4.69) is 6.58 Å². The van der Waals surface area contributed by atoms with Crippen LogP contribution in [0.2, 0.25) is 0 Å². The summed E-state index contributed by atoms with van der Waals surface area (Å²) in [5, 5.41) is 0.828. The van der Waals surface area contributed by atoms with Crippen LogP contribution in [0.15, 0.2) is 34.7 Å². The Kier molecular flexibility index (Phi) is 6.21. The molecule has 2 rings (SSSR count). The Bertz CT molecular complexity index is 719. The highest BCUT2D eigenvalue weighted by Gasteiger charge is 2.33. The zero-order valence-electron chi connectivity index (χ0n) is 14.5. The Hall–Kier alpha value is -1.89. The molecule has 7 heteroatoms. The van der Waals surface area contributed by atoms with Gasteiger partial charge in [0.15, 0.2) is 11.6 Å². The van der Waals surface area contributed by atoms with Crippen molar-refractivity contribution in [1.82, 2.24) is 9.80 Å². The second-order valence-corrected chi connectivity index (χ2v) is 7.31. The fraction of sp³-hybridized carbons (Fsp3) is 0.389. The fourth-order valence-electron chi connectivity index (χ4n) is 2.62. The van der Waals surface area contributed by atoms with Crippen molar-refractivity contribution in [3.8, 4) is 0 Å². The molecule has 1 aliphatic heterocycles. The van der Waals surface area contributed by atoms with Crippen molar-refractivity contribution < 1.29 is 18.0 Å². The number of halogens is 3. The molecule has 1 aromatic rings. The van der Waals surface area contributed by atoms with E-state index in [-0.39, 0.29) is 24.4 Å². The molecule has 1 fully saturated rings. The molecule has 0 bridgehead atoms. The summed E-state index contributed by atoms with van der Waals surface area (Å²) >= 11 is 1.45. The maximum atomic E-state index is 14.0. The number of carbonyl (C=O) groups is 1. The van der Waals surface area contributed by atoms with Crippen LogP contribution >= 0.6 is 11.8 Å². The molecule has 1 aromatic carbocycles. The number of hydrogen-bond acceptors (Lipinski definition) is 3. The van der Waals surface area contributed by atoms with Gasteiger partial charge in [-0.2, -0.15) is 0 Å². The van der Waals surface area contributed by atoms with E-state index in [1.54, 1.807) is 4.90 Å². The maximum absolute atomic E-state index is 14.0. The first kappa shape index (κ1) is 19.4. The molecule has 0 aromatic heterocycles. The maximum Gasteiger partial charge on any atom is 0.223 e. The Morgan fingerprint density at radius 3 is 2.68 bits per heavy atom. The van der Waals surface area contributed by atoms with Crippen molar-refractivity contribution in [3.05, 3.63) is 57.7 Å². The summed E-state index contributed by atoms with van der Waals surface area (Å²) < 4.78 is 40.8. The minimum Gasteiger partial charge on any atom is -0.373 e. The molecule has 0 aliphatic carbocycles. The number of likely N-dealkylation sites (tertiary alicyclic amines) is 1. The number of allylic oxidation sites excluding steroid dienone is 1. The number of rotatable bonds is 6. The molecule has 1 unspecified atom stereocenters. The van der Waals surface area contributed by atoms with Crippen LogP contribution in [0.4, 0.5) is 13.2 Å². The summed E-state index contributed by atoms with van der Waals surface area (Å²) in [6, 6.07) is 1.48. The van der Waals surface area contributed by atoms with Crippen LogP contribution in [-0.4, -0.2) is 42.9 Å². The topological polar surface area (TPSA) is 23.6 Å². The van der Waals surface area contributed by atoms with Gasteiger partial charge < -0.3 is 9.80 Å². The number of nitrogens with zero attached hydrogens (tertiary/aromatic N) is 2. The smallest absolute Gasteiger partial charge is 0.223 e. The average Bonchev–Trinajstić information content (AvgIpc) is 2.90. The van der Waals surface area contributed by atoms with E-state index in [0.29, 0.717) is 12.6 Å². The number of hydrogen-bond donors (Lipinski definition) is 0. The average molecular weight is 370 g/mol. The third-order valence-corrected chi connectivity index (χ3v) is 5.32. The first-order valence-corrected chi connectivity index (χ1v) is 8.66. The minimum absolute atomic E-state index is 0.0378. The summed E-state index contributed by atoms with van der Waals surface area (Å²) in [7, 11) is 3.75. The van der Waals surface area contributed by atoms with Gasteiger partial charge in [0.25, 0.3) is 0 Å². The molecule has 0 spiro atoms. The van der Waals surface area contributed by atoms with E-state index >= 15 is 0 Å². The lowest BCUT2D eigenvalue weighted by Gasteiger charge is -2.21. The van der Waals surface area contributed by atoms with Gasteiger partial charge in [0.1, 0.15) is 5.82 Å². The van der Waals surface area contributed by atoms with Crippen LogP contribution in [0.5, 0.6) is 0 Å². The molecule has 3 nitrogen and oxygen atoms in total. The third kappa shape index (κ3) is 4.60. The summed E-state index contributed by atoms with van der Waals surface area (Å²) in [5.41, 5.74) is -0.0827. The summed E-state index contributed by atoms with van der Waals surface area (Å²) in [6.45, 7) is 6.40. The normalized spacial score (nSPS) is 18.0. The van der Waals surface area contributed by atoms with Crippen LogP contribution in [-0.2, 0) is 4.79 Å². The Labute approximate surface area is 150 Å². The van der Waals surface area contributed by atoms with Gasteiger partial charge in [0, 0.05) is 44.0 Å². The van der Waals surface area contributed by atoms with Gasteiger partial charge in [0.2, 0.25) is 5.91 Å². The number of amides is 1. The monoisotopic (exact) mass is 370 g/mol. The predicted molar refractivity (Wildman–Crippen MR) is 94.4 cm³/mol. The molecule has 25 heavy (non-hydrogen) atoms. The standard InChI is InChI=1S/C18H21F3N2OS/c1-5-14(25-11(2)22(3)4)10-23-9-12(6-17(23)24)15-7-13(19)8-16(20)18(15)21/h5,7-8,12H,2,6,9-10H2,1,3-4H3/b14-5-. The summed E-state index contributed by atoms with van der Waals surface area (Å²) in [5.74, 6) is -3.87. The first-order chi connectivity index (χ1) is 11.7. The van der Waals surface area contributed by atoms with Gasteiger partial charge in [-0.25, -0.2) is 13.2 Å². The second-order valence-electron chi connectivity index (χ2n) is 6.11. The highest BCUT2D eigenvalue weighted by Crippen LogP contribution is 2.33. The lowest BCUT2D eigenvalue weighted by molar-refractivity contribution is -0.127. The van der Waals surface area contributed by atoms with Crippen molar-refractivity contribution in [1.29, 1.82) is 0 Å². The highest BCUT2D eigenvalue weighted by molar-refractivity contribution is 8.06. The zero-order chi connectivity index (χ0) is 18.7. The Morgan fingerprint density at radius 2 is 2.08 bits per heavy atom. The molecule has 136 valence electrons. The van der Waals surface area contributed by atoms with Crippen molar-refractivity contribution >= 4 is 17.7 Å². The molecule has 0 radical (unpaired) electrons. The largest absolute Gasteiger partial charge is 0.373 e. The number of benzene rings is 1. The molecular weight excluding hydrogens is 349 g/mol. The molecule has 1 atom stereocenters. The molecule has 0 saturated carbocycles. The molecule has 1 amide bonds. The van der Waals surface area contributed by atoms with Gasteiger partial charge in [-0.05, 0) is 18.6 Å². The van der Waals surface area contributed by atoms with E-state index < -0.39 is 23.4 Å². The number of carbonyl (C=O) groups excluding carboxylic acids is 1. The Balaban J connectivity index is 2.11. The minimum atomic E-state index is -1.23. The molecule has 1 aliphatic rings.